The Morgan fingerprint density at radius 2 is 1.67 bits per heavy atom. The van der Waals surface area contributed by atoms with E-state index in [-0.39, 0.29) is 39.8 Å². The molecule has 1 saturated heterocycles. The summed E-state index contributed by atoms with van der Waals surface area (Å²) in [6, 6.07) is 9.82. The van der Waals surface area contributed by atoms with Gasteiger partial charge in [0.05, 0.1) is 23.8 Å². The molecule has 10 atom stereocenters. The number of ether oxygens (including phenoxy) is 2. The number of carbonyl (C=O) groups is 1. The van der Waals surface area contributed by atoms with Crippen LogP contribution in [-0.2, 0) is 19.4 Å². The van der Waals surface area contributed by atoms with Crippen LogP contribution in [-0.4, -0.2) is 90.7 Å². The molecular weight excluding hydrogens is 819 g/mol. The molecule has 5 fully saturated rings. The van der Waals surface area contributed by atoms with Gasteiger partial charge in [-0.1, -0.05) is 82.3 Å². The molecule has 0 amide bonds. The minimum atomic E-state index is -2.88. The number of para-hydroxylation sites is 1. The van der Waals surface area contributed by atoms with Crippen LogP contribution in [0.15, 0.2) is 72.0 Å². The van der Waals surface area contributed by atoms with Crippen molar-refractivity contribution < 1.29 is 22.7 Å². The monoisotopic (exact) mass is 896 g/mol. The van der Waals surface area contributed by atoms with E-state index in [2.05, 4.69) is 80.8 Å². The summed E-state index contributed by atoms with van der Waals surface area (Å²) in [4.78, 5) is 16.2. The fourth-order valence-corrected chi connectivity index (χ4v) is 17.4. The van der Waals surface area contributed by atoms with Crippen molar-refractivity contribution in [2.75, 3.05) is 50.9 Å². The average molecular weight is 896 g/mol. The van der Waals surface area contributed by atoms with Gasteiger partial charge in [-0.25, -0.2) is 8.42 Å². The first kappa shape index (κ1) is 45.9. The maximum atomic E-state index is 13.8. The standard InChI is InChI=1S/C53H77N5O5S/c1-9-62-47(59)52(36-63-45-35-55-56-58(45)39-13-11-10-12-14-39)24-17-38(18-25-52)41-20-22-49(6)43(48(41,4)5)21-23-51(8)44(49)16-15-42-46-40(37(2)3)19-26-53(46,28-27-50(42,51)7)54-29-30-57-31-33-64(60,61)34-32-57/h10-14,17,20,35,40,42-44,46,54H,2,9,15-16,18-19,21-34,36H2,1,3-8H3/t40-,42+,43?,44?,46?,49-,50+,51+,52?,53-/m0/s1. The topological polar surface area (TPSA) is 116 Å². The molecule has 10 nitrogen and oxygen atoms in total. The van der Waals surface area contributed by atoms with Crippen LogP contribution >= 0.6 is 0 Å². The van der Waals surface area contributed by atoms with Crippen molar-refractivity contribution in [1.29, 1.82) is 0 Å². The fraction of sp³-hybridized carbons (Fsp3) is 0.717. The Bertz CT molecular complexity index is 2260. The number of nitrogens with zero attached hydrogens (tertiary/aromatic N) is 4. The average Bonchev–Trinajstić information content (AvgIpc) is 3.90. The van der Waals surface area contributed by atoms with Gasteiger partial charge in [-0.3, -0.25) is 4.79 Å². The molecule has 7 aliphatic rings. The van der Waals surface area contributed by atoms with Gasteiger partial charge in [0.15, 0.2) is 9.84 Å². The number of hydrogen-bond donors (Lipinski definition) is 1. The van der Waals surface area contributed by atoms with Gasteiger partial charge in [0, 0.05) is 31.7 Å². The summed E-state index contributed by atoms with van der Waals surface area (Å²) in [6.07, 6.45) is 19.9. The molecule has 0 radical (unpaired) electrons. The number of sulfone groups is 1. The lowest BCUT2D eigenvalue weighted by Gasteiger charge is -2.72. The molecule has 0 bridgehead atoms. The highest BCUT2D eigenvalue weighted by Gasteiger charge is 2.70. The molecule has 2 aromatic rings. The van der Waals surface area contributed by atoms with Gasteiger partial charge in [0.25, 0.3) is 0 Å². The highest BCUT2D eigenvalue weighted by Crippen LogP contribution is 2.76. The smallest absolute Gasteiger partial charge is 0.315 e. The molecule has 0 spiro atoms. The number of aromatic nitrogens is 3. The molecule has 4 saturated carbocycles. The van der Waals surface area contributed by atoms with Crippen molar-refractivity contribution in [1.82, 2.24) is 25.2 Å². The van der Waals surface area contributed by atoms with Crippen LogP contribution in [0.5, 0.6) is 5.88 Å². The lowest BCUT2D eigenvalue weighted by atomic mass is 9.33. The van der Waals surface area contributed by atoms with Crippen molar-refractivity contribution in [2.24, 2.45) is 56.7 Å². The Kier molecular flexibility index (Phi) is 12.0. The second-order valence-corrected chi connectivity index (χ2v) is 25.2. The molecule has 1 aliphatic heterocycles. The summed E-state index contributed by atoms with van der Waals surface area (Å²) in [5.41, 5.74) is 5.20. The molecule has 350 valence electrons. The van der Waals surface area contributed by atoms with Gasteiger partial charge in [0.2, 0.25) is 5.88 Å². The molecule has 64 heavy (non-hydrogen) atoms. The third kappa shape index (κ3) is 7.48. The van der Waals surface area contributed by atoms with E-state index in [0.717, 1.165) is 31.6 Å². The van der Waals surface area contributed by atoms with Crippen molar-refractivity contribution >= 4 is 15.8 Å². The van der Waals surface area contributed by atoms with Crippen LogP contribution in [0.2, 0.25) is 0 Å². The molecule has 4 unspecified atom stereocenters. The summed E-state index contributed by atoms with van der Waals surface area (Å²) in [5.74, 6) is 3.95. The minimum absolute atomic E-state index is 0.00682. The van der Waals surface area contributed by atoms with E-state index >= 15 is 0 Å². The molecule has 11 heteroatoms. The maximum Gasteiger partial charge on any atom is 0.315 e. The zero-order valence-electron chi connectivity index (χ0n) is 40.1. The van der Waals surface area contributed by atoms with Gasteiger partial charge < -0.3 is 19.7 Å². The number of nitrogens with one attached hydrogen (secondary N) is 1. The highest BCUT2D eigenvalue weighted by molar-refractivity contribution is 7.91. The number of allylic oxidation sites excluding steroid dienone is 5. The summed E-state index contributed by atoms with van der Waals surface area (Å²) in [7, 11) is -2.88. The Labute approximate surface area is 384 Å². The number of rotatable bonds is 12. The fourth-order valence-electron chi connectivity index (χ4n) is 16.1. The number of esters is 1. The molecular formula is C53H77N5O5S. The largest absolute Gasteiger partial charge is 0.475 e. The second kappa shape index (κ2) is 16.8. The van der Waals surface area contributed by atoms with E-state index in [0.29, 0.717) is 79.5 Å². The predicted octanol–water partition coefficient (Wildman–Crippen LogP) is 9.57. The van der Waals surface area contributed by atoms with Crippen LogP contribution in [0.3, 0.4) is 0 Å². The number of hydrogen-bond acceptors (Lipinski definition) is 9. The van der Waals surface area contributed by atoms with Crippen molar-refractivity contribution in [3.05, 3.63) is 72.0 Å². The number of benzene rings is 1. The van der Waals surface area contributed by atoms with Crippen LogP contribution in [0.1, 0.15) is 126 Å². The summed E-state index contributed by atoms with van der Waals surface area (Å²) in [5, 5.41) is 12.6. The Balaban J connectivity index is 0.930. The first-order chi connectivity index (χ1) is 30.4. The van der Waals surface area contributed by atoms with Crippen LogP contribution < -0.4 is 10.1 Å². The molecule has 1 aromatic carbocycles. The molecule has 9 rings (SSSR count). The van der Waals surface area contributed by atoms with E-state index in [1.54, 1.807) is 10.9 Å². The quantitative estimate of drug-likeness (QED) is 0.164. The van der Waals surface area contributed by atoms with E-state index in [1.165, 1.54) is 68.1 Å². The van der Waals surface area contributed by atoms with E-state index in [1.807, 2.05) is 37.3 Å². The zero-order chi connectivity index (χ0) is 45.3. The summed E-state index contributed by atoms with van der Waals surface area (Å²) >= 11 is 0. The number of carbonyl (C=O) groups excluding carboxylic acids is 1. The first-order valence-electron chi connectivity index (χ1n) is 24.9. The van der Waals surface area contributed by atoms with Crippen molar-refractivity contribution in [2.45, 2.75) is 131 Å². The van der Waals surface area contributed by atoms with Gasteiger partial charge in [-0.2, -0.15) is 4.68 Å². The van der Waals surface area contributed by atoms with Crippen LogP contribution in [0, 0.1) is 56.7 Å². The van der Waals surface area contributed by atoms with Gasteiger partial charge in [-0.15, -0.1) is 5.10 Å². The normalized spacial score (nSPS) is 39.0. The predicted molar refractivity (Wildman–Crippen MR) is 254 cm³/mol. The maximum absolute atomic E-state index is 13.8. The number of fused-ring (bicyclic) bond motifs is 7. The Morgan fingerprint density at radius 1 is 0.906 bits per heavy atom. The van der Waals surface area contributed by atoms with E-state index < -0.39 is 15.3 Å². The summed E-state index contributed by atoms with van der Waals surface area (Å²) in [6.45, 7) is 25.7. The van der Waals surface area contributed by atoms with Gasteiger partial charge in [0.1, 0.15) is 18.2 Å². The Hall–Kier alpha value is -3.28. The minimum Gasteiger partial charge on any atom is -0.475 e. The van der Waals surface area contributed by atoms with Gasteiger partial charge >= 0.3 is 5.97 Å². The second-order valence-electron chi connectivity index (χ2n) is 22.8. The molecule has 1 N–H and O–H groups in total. The molecule has 2 heterocycles. The molecule has 6 aliphatic carbocycles. The zero-order valence-corrected chi connectivity index (χ0v) is 40.9. The highest BCUT2D eigenvalue weighted by atomic mass is 32.2. The lowest BCUT2D eigenvalue weighted by Crippen LogP contribution is -2.68. The first-order valence-corrected chi connectivity index (χ1v) is 26.7. The lowest BCUT2D eigenvalue weighted by molar-refractivity contribution is -0.221. The summed E-state index contributed by atoms with van der Waals surface area (Å²) < 4.78 is 38.1. The van der Waals surface area contributed by atoms with Crippen LogP contribution in [0.25, 0.3) is 5.69 Å². The Morgan fingerprint density at radius 3 is 2.38 bits per heavy atom. The van der Waals surface area contributed by atoms with Gasteiger partial charge in [-0.05, 0) is 165 Å². The SMILES string of the molecule is C=C(C)[C@@H]1CC[C@]2(NCCN3CCS(=O)(=O)CC3)CC[C@]3(C)[C@H](CCC4[C@@]5(C)CC=C(C6=CCC(COc7cnnn7-c7ccccc7)(C(=O)OCC)CC6)C(C)(C)C5CC[C@]43C)C12. The van der Waals surface area contributed by atoms with Crippen molar-refractivity contribution in [3.8, 4) is 11.6 Å². The molecule has 1 aromatic heterocycles. The van der Waals surface area contributed by atoms with E-state index in [4.69, 9.17) is 9.47 Å². The van der Waals surface area contributed by atoms with E-state index in [9.17, 15) is 13.2 Å². The third-order valence-corrected chi connectivity index (χ3v) is 21.3. The third-order valence-electron chi connectivity index (χ3n) is 19.7. The van der Waals surface area contributed by atoms with Crippen molar-refractivity contribution in [3.63, 3.8) is 0 Å². The van der Waals surface area contributed by atoms with Crippen LogP contribution in [0.4, 0.5) is 0 Å².